The Morgan fingerprint density at radius 1 is 1.62 bits per heavy atom. The maximum atomic E-state index is 11.1. The summed E-state index contributed by atoms with van der Waals surface area (Å²) < 4.78 is 22.1. The number of nitrogens with zero attached hydrogens (tertiary/aromatic N) is 1. The summed E-state index contributed by atoms with van der Waals surface area (Å²) in [6.45, 7) is 1.72. The number of hydrogen-bond donors (Lipinski definition) is 0. The number of rotatable bonds is 3. The minimum Gasteiger partial charge on any atom is -0.264 e. The third-order valence-electron chi connectivity index (χ3n) is 2.50. The van der Waals surface area contributed by atoms with Crippen LogP contribution in [0.2, 0.25) is 0 Å². The van der Waals surface area contributed by atoms with E-state index in [9.17, 15) is 18.5 Å². The lowest BCUT2D eigenvalue weighted by atomic mass is 9.98. The standard InChI is InChI=1S/C7H13NO4S/c1-2-7(8(9)10)6-3-4-13(11,12)5-6/h6-7H,2-5H2,1H3. The molecular formula is C7H13NO4S. The summed E-state index contributed by atoms with van der Waals surface area (Å²) in [7, 11) is -2.99. The second-order valence-electron chi connectivity index (χ2n) is 3.42. The average molecular weight is 207 g/mol. The predicted octanol–water partition coefficient (Wildman–Crippen LogP) is 0.476. The summed E-state index contributed by atoms with van der Waals surface area (Å²) in [6, 6.07) is -0.683. The largest absolute Gasteiger partial charge is 0.264 e. The van der Waals surface area contributed by atoms with Crippen LogP contribution in [0.15, 0.2) is 0 Å². The van der Waals surface area contributed by atoms with Gasteiger partial charge in [-0.25, -0.2) is 8.42 Å². The van der Waals surface area contributed by atoms with Crippen molar-refractivity contribution in [3.05, 3.63) is 10.1 Å². The molecule has 0 saturated carbocycles. The van der Waals surface area contributed by atoms with Crippen LogP contribution in [0, 0.1) is 16.0 Å². The van der Waals surface area contributed by atoms with Crippen LogP contribution in [0.25, 0.3) is 0 Å². The molecule has 0 N–H and O–H groups in total. The molecule has 1 saturated heterocycles. The van der Waals surface area contributed by atoms with Gasteiger partial charge in [-0.1, -0.05) is 6.92 Å². The molecule has 1 aliphatic rings. The minimum absolute atomic E-state index is 0.00745. The van der Waals surface area contributed by atoms with E-state index in [2.05, 4.69) is 0 Å². The van der Waals surface area contributed by atoms with Crippen molar-refractivity contribution >= 4 is 9.84 Å². The number of nitro groups is 1. The molecule has 0 aliphatic carbocycles. The molecule has 5 nitrogen and oxygen atoms in total. The van der Waals surface area contributed by atoms with Gasteiger partial charge in [0.25, 0.3) is 0 Å². The van der Waals surface area contributed by atoms with E-state index < -0.39 is 15.9 Å². The van der Waals surface area contributed by atoms with E-state index in [1.165, 1.54) is 0 Å². The first-order valence-electron chi connectivity index (χ1n) is 4.30. The van der Waals surface area contributed by atoms with E-state index in [4.69, 9.17) is 0 Å². The van der Waals surface area contributed by atoms with Gasteiger partial charge >= 0.3 is 0 Å². The predicted molar refractivity (Wildman–Crippen MR) is 47.8 cm³/mol. The molecule has 13 heavy (non-hydrogen) atoms. The summed E-state index contributed by atoms with van der Waals surface area (Å²) in [5.74, 6) is -0.167. The van der Waals surface area contributed by atoms with Gasteiger partial charge in [0.1, 0.15) is 0 Å². The van der Waals surface area contributed by atoms with Gasteiger partial charge < -0.3 is 0 Å². The quantitative estimate of drug-likeness (QED) is 0.498. The number of hydrogen-bond acceptors (Lipinski definition) is 4. The van der Waals surface area contributed by atoms with Gasteiger partial charge in [0, 0.05) is 17.3 Å². The molecule has 0 spiro atoms. The molecule has 1 fully saturated rings. The van der Waals surface area contributed by atoms with Crippen LogP contribution in [0.4, 0.5) is 0 Å². The second kappa shape index (κ2) is 3.61. The highest BCUT2D eigenvalue weighted by Crippen LogP contribution is 2.24. The van der Waals surface area contributed by atoms with Gasteiger partial charge in [0.2, 0.25) is 6.04 Å². The second-order valence-corrected chi connectivity index (χ2v) is 5.65. The number of sulfone groups is 1. The Bertz CT molecular complexity index is 298. The Morgan fingerprint density at radius 3 is 2.54 bits per heavy atom. The molecule has 1 aliphatic heterocycles. The lowest BCUT2D eigenvalue weighted by molar-refractivity contribution is -0.531. The smallest absolute Gasteiger partial charge is 0.216 e. The summed E-state index contributed by atoms with van der Waals surface area (Å²) in [6.07, 6.45) is 0.856. The summed E-state index contributed by atoms with van der Waals surface area (Å²) in [4.78, 5) is 10.2. The van der Waals surface area contributed by atoms with Crippen LogP contribution in [0.5, 0.6) is 0 Å². The van der Waals surface area contributed by atoms with Crippen LogP contribution in [-0.2, 0) is 9.84 Å². The van der Waals surface area contributed by atoms with Crippen molar-refractivity contribution in [2.24, 2.45) is 5.92 Å². The van der Waals surface area contributed by atoms with Crippen molar-refractivity contribution < 1.29 is 13.3 Å². The molecule has 0 amide bonds. The minimum atomic E-state index is -2.99. The van der Waals surface area contributed by atoms with E-state index in [0.29, 0.717) is 12.8 Å². The van der Waals surface area contributed by atoms with Crippen LogP contribution >= 0.6 is 0 Å². The lowest BCUT2D eigenvalue weighted by Gasteiger charge is -2.11. The third kappa shape index (κ3) is 2.40. The topological polar surface area (TPSA) is 77.3 Å². The summed E-state index contributed by atoms with van der Waals surface area (Å²) >= 11 is 0. The third-order valence-corrected chi connectivity index (χ3v) is 4.29. The fraction of sp³-hybridized carbons (Fsp3) is 1.00. The summed E-state index contributed by atoms with van der Waals surface area (Å²) in [5, 5.41) is 10.5. The molecule has 1 rings (SSSR count). The van der Waals surface area contributed by atoms with Gasteiger partial charge in [0.05, 0.1) is 11.5 Å². The Labute approximate surface area is 77.2 Å². The highest BCUT2D eigenvalue weighted by molar-refractivity contribution is 7.91. The van der Waals surface area contributed by atoms with Crippen LogP contribution in [0.3, 0.4) is 0 Å². The maximum Gasteiger partial charge on any atom is 0.216 e. The highest BCUT2D eigenvalue weighted by atomic mass is 32.2. The van der Waals surface area contributed by atoms with Crippen LogP contribution in [0.1, 0.15) is 19.8 Å². The highest BCUT2D eigenvalue weighted by Gasteiger charge is 2.38. The van der Waals surface area contributed by atoms with E-state index >= 15 is 0 Å². The van der Waals surface area contributed by atoms with Gasteiger partial charge in [-0.2, -0.15) is 0 Å². The Kier molecular flexibility index (Phi) is 2.90. The zero-order valence-electron chi connectivity index (χ0n) is 7.47. The van der Waals surface area contributed by atoms with Crippen LogP contribution < -0.4 is 0 Å². The zero-order valence-corrected chi connectivity index (χ0v) is 8.29. The van der Waals surface area contributed by atoms with Crippen molar-refractivity contribution in [3.63, 3.8) is 0 Å². The van der Waals surface area contributed by atoms with Gasteiger partial charge in [-0.05, 0) is 6.42 Å². The van der Waals surface area contributed by atoms with Crippen molar-refractivity contribution in [1.82, 2.24) is 0 Å². The zero-order chi connectivity index (χ0) is 10.1. The molecule has 0 bridgehead atoms. The average Bonchev–Trinajstić information content (AvgIpc) is 2.31. The fourth-order valence-electron chi connectivity index (χ4n) is 1.78. The monoisotopic (exact) mass is 207 g/mol. The normalized spacial score (nSPS) is 28.5. The molecule has 0 radical (unpaired) electrons. The Hall–Kier alpha value is -0.650. The van der Waals surface area contributed by atoms with E-state index in [-0.39, 0.29) is 22.3 Å². The van der Waals surface area contributed by atoms with Crippen molar-refractivity contribution in [2.45, 2.75) is 25.8 Å². The van der Waals surface area contributed by atoms with Crippen molar-refractivity contribution in [3.8, 4) is 0 Å². The van der Waals surface area contributed by atoms with E-state index in [1.54, 1.807) is 6.92 Å². The first kappa shape index (κ1) is 10.4. The molecule has 76 valence electrons. The van der Waals surface area contributed by atoms with Gasteiger partial charge in [-0.3, -0.25) is 10.1 Å². The molecular weight excluding hydrogens is 194 g/mol. The van der Waals surface area contributed by atoms with Crippen molar-refractivity contribution in [2.75, 3.05) is 11.5 Å². The first-order chi connectivity index (χ1) is 5.96. The Balaban J connectivity index is 2.69. The fourth-order valence-corrected chi connectivity index (χ4v) is 3.65. The molecule has 0 aromatic carbocycles. The van der Waals surface area contributed by atoms with Gasteiger partial charge in [-0.15, -0.1) is 0 Å². The maximum absolute atomic E-state index is 11.1. The molecule has 6 heteroatoms. The first-order valence-corrected chi connectivity index (χ1v) is 6.12. The molecule has 0 aromatic heterocycles. The molecule has 2 unspecified atom stereocenters. The molecule has 2 atom stereocenters. The van der Waals surface area contributed by atoms with Crippen molar-refractivity contribution in [1.29, 1.82) is 0 Å². The van der Waals surface area contributed by atoms with E-state index in [0.717, 1.165) is 0 Å². The Morgan fingerprint density at radius 2 is 2.23 bits per heavy atom. The lowest BCUT2D eigenvalue weighted by Crippen LogP contribution is -2.29. The molecule has 1 heterocycles. The SMILES string of the molecule is CCC(C1CCS(=O)(=O)C1)[N+](=O)[O-]. The van der Waals surface area contributed by atoms with Crippen LogP contribution in [-0.4, -0.2) is 30.9 Å². The van der Waals surface area contributed by atoms with Gasteiger partial charge in [0.15, 0.2) is 9.84 Å². The summed E-state index contributed by atoms with van der Waals surface area (Å²) in [5.41, 5.74) is 0. The van der Waals surface area contributed by atoms with E-state index in [1.807, 2.05) is 0 Å². The molecule has 0 aromatic rings.